The van der Waals surface area contributed by atoms with Gasteiger partial charge >= 0.3 is 11.9 Å². The van der Waals surface area contributed by atoms with Crippen LogP contribution in [0, 0.1) is 5.92 Å². The van der Waals surface area contributed by atoms with Gasteiger partial charge in [-0.2, -0.15) is 4.57 Å². The highest BCUT2D eigenvalue weighted by atomic mass is 79.9. The van der Waals surface area contributed by atoms with Gasteiger partial charge in [0, 0.05) is 38.9 Å². The molecule has 2 heterocycles. The Balaban J connectivity index is 1.89. The Morgan fingerprint density at radius 3 is 2.43 bits per heavy atom. The number of unbranched alkanes of at least 4 members (excludes halogenated alkanes) is 1. The maximum atomic E-state index is 13.7. The van der Waals surface area contributed by atoms with E-state index >= 15 is 0 Å². The zero-order chi connectivity index (χ0) is 26.5. The number of nitrogens with zero attached hydrogens (tertiary/aromatic N) is 2. The normalized spacial score (nSPS) is 12.3. The number of rotatable bonds is 10. The second kappa shape index (κ2) is 11.9. The number of halogens is 1. The summed E-state index contributed by atoms with van der Waals surface area (Å²) in [6, 6.07) is 17.6. The summed E-state index contributed by atoms with van der Waals surface area (Å²) in [6.07, 6.45) is 4.23. The van der Waals surface area contributed by atoms with Crippen molar-refractivity contribution in [2.75, 3.05) is 6.61 Å². The number of hydrogen-bond donors (Lipinski definition) is 1. The van der Waals surface area contributed by atoms with Gasteiger partial charge in [-0.3, -0.25) is 4.79 Å². The van der Waals surface area contributed by atoms with Crippen molar-refractivity contribution in [3.8, 4) is 0 Å². The van der Waals surface area contributed by atoms with Gasteiger partial charge in [0.15, 0.2) is 12.7 Å². The molecule has 0 aliphatic rings. The second-order valence-corrected chi connectivity index (χ2v) is 10.6. The number of benzene rings is 2. The second-order valence-electron chi connectivity index (χ2n) is 9.68. The number of hydrogen-bond acceptors (Lipinski definition) is 3. The molecule has 0 aliphatic carbocycles. The minimum atomic E-state index is -0.728. The first-order chi connectivity index (χ1) is 17.8. The molecule has 0 fully saturated rings. The summed E-state index contributed by atoms with van der Waals surface area (Å²) < 4.78 is 10.6. The number of amides is 1. The van der Waals surface area contributed by atoms with E-state index in [0.717, 1.165) is 51.2 Å². The number of aromatic nitrogens is 2. The Kier molecular flexibility index (Phi) is 8.64. The van der Waals surface area contributed by atoms with Crippen LogP contribution >= 0.6 is 15.9 Å². The highest BCUT2D eigenvalue weighted by Crippen LogP contribution is 2.31. The molecule has 1 atom stereocenters. The molecule has 4 aromatic rings. The molecule has 2 aromatic heterocycles. The van der Waals surface area contributed by atoms with Crippen molar-refractivity contribution >= 4 is 49.6 Å². The van der Waals surface area contributed by atoms with Gasteiger partial charge < -0.3 is 14.6 Å². The van der Waals surface area contributed by atoms with Gasteiger partial charge in [0.25, 0.3) is 5.69 Å². The lowest BCUT2D eigenvalue weighted by Gasteiger charge is -2.20. The number of nitrogens with one attached hydrogen (secondary N) is 1. The lowest BCUT2D eigenvalue weighted by Crippen LogP contribution is -2.50. The van der Waals surface area contributed by atoms with Gasteiger partial charge in [-0.05, 0) is 37.5 Å². The molecule has 2 aromatic carbocycles. The predicted molar refractivity (Wildman–Crippen MR) is 151 cm³/mol. The van der Waals surface area contributed by atoms with Crippen LogP contribution in [0.4, 0.5) is 0 Å². The molecule has 1 N–H and O–H groups in total. The first-order valence-corrected chi connectivity index (χ1v) is 13.8. The van der Waals surface area contributed by atoms with E-state index in [4.69, 9.17) is 4.74 Å². The van der Waals surface area contributed by atoms with Crippen LogP contribution in [-0.4, -0.2) is 29.1 Å². The highest BCUT2D eigenvalue weighted by molar-refractivity contribution is 9.10. The van der Waals surface area contributed by atoms with E-state index in [2.05, 4.69) is 69.3 Å². The number of fused-ring (bicyclic) bond motifs is 3. The summed E-state index contributed by atoms with van der Waals surface area (Å²) in [7, 11) is 0. The molecule has 0 aliphatic heterocycles. The molecule has 7 heteroatoms. The maximum absolute atomic E-state index is 13.7. The Morgan fingerprint density at radius 2 is 1.76 bits per heavy atom. The molecule has 6 nitrogen and oxygen atoms in total. The number of esters is 1. The monoisotopic (exact) mass is 564 g/mol. The summed E-state index contributed by atoms with van der Waals surface area (Å²) in [5.41, 5.74) is 3.81. The Labute approximate surface area is 226 Å². The van der Waals surface area contributed by atoms with Gasteiger partial charge in [-0.25, -0.2) is 4.79 Å². The lowest BCUT2D eigenvalue weighted by atomic mass is 10.0. The third-order valence-electron chi connectivity index (χ3n) is 6.63. The van der Waals surface area contributed by atoms with Crippen LogP contribution in [0.3, 0.4) is 0 Å². The van der Waals surface area contributed by atoms with E-state index in [-0.39, 0.29) is 18.4 Å². The zero-order valence-corrected chi connectivity index (χ0v) is 23.5. The summed E-state index contributed by atoms with van der Waals surface area (Å²) in [5, 5.41) is 5.06. The van der Waals surface area contributed by atoms with Crippen molar-refractivity contribution in [2.45, 2.75) is 59.7 Å². The molecule has 0 saturated carbocycles. The van der Waals surface area contributed by atoms with Gasteiger partial charge in [0.05, 0.1) is 6.61 Å². The van der Waals surface area contributed by atoms with E-state index in [1.165, 1.54) is 0 Å². The van der Waals surface area contributed by atoms with Crippen LogP contribution in [-0.2, 0) is 22.6 Å². The molecule has 0 bridgehead atoms. The topological polar surface area (TPSA) is 64.2 Å². The number of carbonyl (C=O) groups excluding carboxylic acids is 2. The zero-order valence-electron chi connectivity index (χ0n) is 22.0. The average molecular weight is 566 g/mol. The van der Waals surface area contributed by atoms with Crippen molar-refractivity contribution < 1.29 is 18.9 Å². The van der Waals surface area contributed by atoms with Gasteiger partial charge in [0.1, 0.15) is 11.6 Å². The van der Waals surface area contributed by atoms with E-state index in [1.54, 1.807) is 6.92 Å². The molecule has 0 radical (unpaired) electrons. The van der Waals surface area contributed by atoms with Crippen molar-refractivity contribution in [1.29, 1.82) is 0 Å². The molecule has 194 valence electrons. The van der Waals surface area contributed by atoms with Crippen LogP contribution in [0.15, 0.2) is 65.3 Å². The summed E-state index contributed by atoms with van der Waals surface area (Å²) in [6.45, 7) is 9.47. The fraction of sp³-hybridized carbons (Fsp3) is 0.367. The van der Waals surface area contributed by atoms with E-state index in [0.29, 0.717) is 12.2 Å². The lowest BCUT2D eigenvalue weighted by molar-refractivity contribution is -0.689. The van der Waals surface area contributed by atoms with Crippen LogP contribution in [0.1, 0.15) is 56.6 Å². The van der Waals surface area contributed by atoms with Crippen molar-refractivity contribution in [2.24, 2.45) is 5.92 Å². The largest absolute Gasteiger partial charge is 0.464 e. The third kappa shape index (κ3) is 5.87. The fourth-order valence-electron chi connectivity index (χ4n) is 4.71. The van der Waals surface area contributed by atoms with Crippen molar-refractivity contribution in [1.82, 2.24) is 9.88 Å². The summed E-state index contributed by atoms with van der Waals surface area (Å²) >= 11 is 3.62. The molecule has 0 saturated heterocycles. The Morgan fingerprint density at radius 1 is 1.03 bits per heavy atom. The molecule has 1 unspecified atom stereocenters. The number of aryl methyl sites for hydroxylation is 1. The third-order valence-corrected chi connectivity index (χ3v) is 7.13. The molecular weight excluding hydrogens is 530 g/mol. The van der Waals surface area contributed by atoms with Gasteiger partial charge in [-0.15, -0.1) is 0 Å². The van der Waals surface area contributed by atoms with E-state index in [1.807, 2.05) is 42.7 Å². The van der Waals surface area contributed by atoms with Crippen LogP contribution in [0.5, 0.6) is 0 Å². The highest BCUT2D eigenvalue weighted by Gasteiger charge is 2.31. The Hall–Kier alpha value is -3.19. The SMILES string of the molecule is CCCCn1c2ccc(Br)cc2c2cc(C(=O)NC(C(=O)OCC)C(C)C)[n+](Cc3ccccc3)cc21. The molecule has 4 rings (SSSR count). The van der Waals surface area contributed by atoms with Gasteiger partial charge in [0.2, 0.25) is 0 Å². The standard InChI is InChI=1S/C30H34BrN3O3/c1-5-7-15-34-25-14-13-22(31)16-23(25)24-17-26(29(35)32-28(20(3)4)30(36)37-6-2)33(19-27(24)34)18-21-11-9-8-10-12-21/h8-14,16-17,19-20,28H,5-7,15,18H2,1-4H3/p+1. The molecule has 37 heavy (non-hydrogen) atoms. The van der Waals surface area contributed by atoms with Crippen molar-refractivity contribution in [3.05, 3.63) is 76.5 Å². The maximum Gasteiger partial charge on any atom is 0.328 e. The molecular formula is C30H35BrN3O3+. The van der Waals surface area contributed by atoms with Crippen molar-refractivity contribution in [3.63, 3.8) is 0 Å². The van der Waals surface area contributed by atoms with E-state index in [9.17, 15) is 9.59 Å². The quantitative estimate of drug-likeness (QED) is 0.189. The number of carbonyl (C=O) groups is 2. The minimum Gasteiger partial charge on any atom is -0.464 e. The van der Waals surface area contributed by atoms with Crippen LogP contribution in [0.25, 0.3) is 21.8 Å². The number of pyridine rings is 1. The molecule has 0 spiro atoms. The minimum absolute atomic E-state index is 0.110. The number of ether oxygens (including phenoxy) is 1. The Bertz CT molecular complexity index is 1410. The van der Waals surface area contributed by atoms with Gasteiger partial charge in [-0.1, -0.05) is 73.5 Å². The van der Waals surface area contributed by atoms with Crippen LogP contribution < -0.4 is 9.88 Å². The molecule has 1 amide bonds. The average Bonchev–Trinajstić information content (AvgIpc) is 3.17. The fourth-order valence-corrected chi connectivity index (χ4v) is 5.07. The summed E-state index contributed by atoms with van der Waals surface area (Å²) in [5.74, 6) is -0.822. The first kappa shape index (κ1) is 26.9. The smallest absolute Gasteiger partial charge is 0.328 e. The van der Waals surface area contributed by atoms with Crippen LogP contribution in [0.2, 0.25) is 0 Å². The summed E-state index contributed by atoms with van der Waals surface area (Å²) in [4.78, 5) is 26.4. The predicted octanol–water partition coefficient (Wildman–Crippen LogP) is 6.01. The van der Waals surface area contributed by atoms with E-state index < -0.39 is 12.0 Å². The first-order valence-electron chi connectivity index (χ1n) is 13.0.